The van der Waals surface area contributed by atoms with Gasteiger partial charge >= 0.3 is 0 Å². The number of nitrogens with one attached hydrogen (secondary N) is 1. The Hall–Kier alpha value is -2.76. The summed E-state index contributed by atoms with van der Waals surface area (Å²) in [4.78, 5) is 11.2. The molecule has 0 bridgehead atoms. The number of hydrazine groups is 1. The van der Waals surface area contributed by atoms with E-state index in [9.17, 15) is 9.90 Å². The van der Waals surface area contributed by atoms with Gasteiger partial charge in [0.15, 0.2) is 5.69 Å². The Kier molecular flexibility index (Phi) is 4.05. The summed E-state index contributed by atoms with van der Waals surface area (Å²) >= 11 is 0. The van der Waals surface area contributed by atoms with Crippen molar-refractivity contribution in [3.05, 3.63) is 47.3 Å². The molecule has 0 fully saturated rings. The summed E-state index contributed by atoms with van der Waals surface area (Å²) in [6.45, 7) is 0.111. The van der Waals surface area contributed by atoms with E-state index in [-0.39, 0.29) is 12.2 Å². The van der Waals surface area contributed by atoms with Crippen LogP contribution in [0.1, 0.15) is 27.7 Å². The molecule has 1 amide bonds. The number of nitrogen functional groups attached to an aromatic ring is 1. The molecule has 2 rings (SSSR count). The van der Waals surface area contributed by atoms with Gasteiger partial charge in [-0.3, -0.25) is 10.2 Å². The van der Waals surface area contributed by atoms with Crippen molar-refractivity contribution >= 4 is 5.91 Å². The van der Waals surface area contributed by atoms with E-state index in [1.165, 1.54) is 10.9 Å². The second-order valence-electron chi connectivity index (χ2n) is 4.05. The molecule has 1 aromatic heterocycles. The Morgan fingerprint density at radius 2 is 2.40 bits per heavy atom. The van der Waals surface area contributed by atoms with Crippen molar-refractivity contribution in [2.45, 2.75) is 12.6 Å². The molecule has 20 heavy (non-hydrogen) atoms. The van der Waals surface area contributed by atoms with Gasteiger partial charge in [0.05, 0.1) is 30.5 Å². The first kappa shape index (κ1) is 13.7. The molecule has 1 atom stereocenters. The molecule has 0 spiro atoms. The molecule has 0 aliphatic heterocycles. The van der Waals surface area contributed by atoms with Crippen molar-refractivity contribution < 1.29 is 9.90 Å². The molecule has 0 saturated carbocycles. The summed E-state index contributed by atoms with van der Waals surface area (Å²) in [7, 11) is 0. The third-order valence-corrected chi connectivity index (χ3v) is 2.66. The zero-order chi connectivity index (χ0) is 14.5. The summed E-state index contributed by atoms with van der Waals surface area (Å²) in [6, 6.07) is 8.63. The van der Waals surface area contributed by atoms with Crippen LogP contribution in [0.15, 0.2) is 30.5 Å². The standard InChI is InChI=1S/C12H12N6O2/c13-5-8-2-1-3-9(4-8)11(19)7-18-6-10(16-17-18)12(20)15-14/h1-4,6,11,19H,7,14H2,(H,15,20). The van der Waals surface area contributed by atoms with Gasteiger partial charge < -0.3 is 5.11 Å². The number of amides is 1. The van der Waals surface area contributed by atoms with Crippen molar-refractivity contribution in [1.82, 2.24) is 20.4 Å². The number of carbonyl (C=O) groups excluding carboxylic acids is 1. The van der Waals surface area contributed by atoms with Gasteiger partial charge in [-0.2, -0.15) is 5.26 Å². The number of nitriles is 1. The maximum absolute atomic E-state index is 11.2. The second kappa shape index (κ2) is 5.92. The molecule has 2 aromatic rings. The highest BCUT2D eigenvalue weighted by Crippen LogP contribution is 2.16. The van der Waals surface area contributed by atoms with E-state index in [0.717, 1.165) is 0 Å². The Morgan fingerprint density at radius 1 is 1.60 bits per heavy atom. The van der Waals surface area contributed by atoms with Crippen molar-refractivity contribution in [2.75, 3.05) is 0 Å². The average Bonchev–Trinajstić information content (AvgIpc) is 2.95. The highest BCUT2D eigenvalue weighted by atomic mass is 16.3. The van der Waals surface area contributed by atoms with E-state index in [1.807, 2.05) is 11.5 Å². The minimum Gasteiger partial charge on any atom is -0.386 e. The number of rotatable bonds is 4. The lowest BCUT2D eigenvalue weighted by atomic mass is 10.1. The van der Waals surface area contributed by atoms with Gasteiger partial charge in [-0.05, 0) is 17.7 Å². The van der Waals surface area contributed by atoms with Gasteiger partial charge in [0, 0.05) is 0 Å². The molecule has 0 saturated heterocycles. The summed E-state index contributed by atoms with van der Waals surface area (Å²) in [5, 5.41) is 26.2. The molecule has 8 nitrogen and oxygen atoms in total. The van der Waals surface area contributed by atoms with Crippen LogP contribution < -0.4 is 11.3 Å². The molecule has 4 N–H and O–H groups in total. The van der Waals surface area contributed by atoms with Crippen molar-refractivity contribution in [2.24, 2.45) is 5.84 Å². The summed E-state index contributed by atoms with van der Waals surface area (Å²) in [6.07, 6.45) is 0.512. The fourth-order valence-electron chi connectivity index (χ4n) is 1.66. The molecule has 1 unspecified atom stereocenters. The van der Waals surface area contributed by atoms with Gasteiger partial charge in [-0.25, -0.2) is 10.5 Å². The zero-order valence-electron chi connectivity index (χ0n) is 10.4. The maximum Gasteiger partial charge on any atom is 0.287 e. The zero-order valence-corrected chi connectivity index (χ0v) is 10.4. The molecule has 8 heteroatoms. The first-order chi connectivity index (χ1) is 9.63. The van der Waals surface area contributed by atoms with E-state index in [0.29, 0.717) is 11.1 Å². The number of hydrogen-bond acceptors (Lipinski definition) is 6. The molecule has 1 heterocycles. The van der Waals surface area contributed by atoms with Crippen molar-refractivity contribution in [3.63, 3.8) is 0 Å². The molecule has 0 aliphatic rings. The lowest BCUT2D eigenvalue weighted by Crippen LogP contribution is -2.30. The van der Waals surface area contributed by atoms with Gasteiger partial charge in [0.1, 0.15) is 0 Å². The van der Waals surface area contributed by atoms with Crippen molar-refractivity contribution in [3.8, 4) is 6.07 Å². The predicted octanol–water partition coefficient (Wildman–Crippen LogP) is -0.513. The van der Waals surface area contributed by atoms with Gasteiger partial charge in [-0.15, -0.1) is 5.10 Å². The van der Waals surface area contributed by atoms with E-state index < -0.39 is 12.0 Å². The van der Waals surface area contributed by atoms with Crippen LogP contribution in [-0.2, 0) is 6.54 Å². The van der Waals surface area contributed by atoms with E-state index in [4.69, 9.17) is 11.1 Å². The Morgan fingerprint density at radius 3 is 3.10 bits per heavy atom. The number of nitrogens with zero attached hydrogens (tertiary/aromatic N) is 4. The lowest BCUT2D eigenvalue weighted by Gasteiger charge is -2.10. The Bertz CT molecular complexity index is 660. The SMILES string of the molecule is N#Cc1cccc(C(O)Cn2cc(C(=O)NN)nn2)c1. The second-order valence-corrected chi connectivity index (χ2v) is 4.05. The number of aliphatic hydroxyl groups excluding tert-OH is 1. The monoisotopic (exact) mass is 272 g/mol. The van der Waals surface area contributed by atoms with Gasteiger partial charge in [0.2, 0.25) is 0 Å². The first-order valence-electron chi connectivity index (χ1n) is 5.73. The van der Waals surface area contributed by atoms with Gasteiger partial charge in [-0.1, -0.05) is 17.3 Å². The van der Waals surface area contributed by atoms with Crippen LogP contribution in [0.3, 0.4) is 0 Å². The van der Waals surface area contributed by atoms with E-state index >= 15 is 0 Å². The van der Waals surface area contributed by atoms with Crippen LogP contribution >= 0.6 is 0 Å². The number of carbonyl (C=O) groups is 1. The minimum atomic E-state index is -0.862. The quantitative estimate of drug-likeness (QED) is 0.390. The number of hydrogen-bond donors (Lipinski definition) is 3. The fourth-order valence-corrected chi connectivity index (χ4v) is 1.66. The van der Waals surface area contributed by atoms with Crippen LogP contribution in [0.2, 0.25) is 0 Å². The Labute approximate surface area is 114 Å². The van der Waals surface area contributed by atoms with Gasteiger partial charge in [0.25, 0.3) is 5.91 Å². The van der Waals surface area contributed by atoms with E-state index in [1.54, 1.807) is 24.3 Å². The largest absolute Gasteiger partial charge is 0.386 e. The molecule has 0 radical (unpaired) electrons. The molecule has 0 aliphatic carbocycles. The third-order valence-electron chi connectivity index (χ3n) is 2.66. The summed E-state index contributed by atoms with van der Waals surface area (Å²) < 4.78 is 1.33. The fraction of sp³-hybridized carbons (Fsp3) is 0.167. The third kappa shape index (κ3) is 2.97. The highest BCUT2D eigenvalue weighted by Gasteiger charge is 2.13. The minimum absolute atomic E-state index is 0.0606. The number of aliphatic hydroxyl groups is 1. The topological polar surface area (TPSA) is 130 Å². The number of nitrogens with two attached hydrogens (primary N) is 1. The summed E-state index contributed by atoms with van der Waals surface area (Å²) in [5.41, 5.74) is 3.05. The smallest absolute Gasteiger partial charge is 0.287 e. The first-order valence-corrected chi connectivity index (χ1v) is 5.73. The molecule has 102 valence electrons. The Balaban J connectivity index is 2.11. The maximum atomic E-state index is 11.2. The van der Waals surface area contributed by atoms with Crippen molar-refractivity contribution in [1.29, 1.82) is 5.26 Å². The summed E-state index contributed by atoms with van der Waals surface area (Å²) in [5.74, 6) is 4.42. The van der Waals surface area contributed by atoms with Crippen LogP contribution in [0.5, 0.6) is 0 Å². The van der Waals surface area contributed by atoms with Crippen LogP contribution in [0.25, 0.3) is 0 Å². The highest BCUT2D eigenvalue weighted by molar-refractivity contribution is 5.91. The van der Waals surface area contributed by atoms with E-state index in [2.05, 4.69) is 10.3 Å². The molecule has 1 aromatic carbocycles. The average molecular weight is 272 g/mol. The van der Waals surface area contributed by atoms with Crippen LogP contribution in [0, 0.1) is 11.3 Å². The van der Waals surface area contributed by atoms with Crippen LogP contribution in [-0.4, -0.2) is 26.0 Å². The number of aromatic nitrogens is 3. The predicted molar refractivity (Wildman–Crippen MR) is 67.8 cm³/mol. The molecular formula is C12H12N6O2. The lowest BCUT2D eigenvalue weighted by molar-refractivity contribution is 0.0948. The normalized spacial score (nSPS) is 11.7. The molecular weight excluding hydrogens is 260 g/mol. The van der Waals surface area contributed by atoms with Crippen LogP contribution in [0.4, 0.5) is 0 Å². The number of benzene rings is 1.